The van der Waals surface area contributed by atoms with Crippen molar-refractivity contribution in [3.8, 4) is 17.8 Å². The Bertz CT molecular complexity index is 611. The number of benzene rings is 1. The van der Waals surface area contributed by atoms with E-state index in [2.05, 4.69) is 25.9 Å². The van der Waals surface area contributed by atoms with Crippen LogP contribution in [0, 0.1) is 25.2 Å². The van der Waals surface area contributed by atoms with E-state index < -0.39 is 0 Å². The van der Waals surface area contributed by atoms with Crippen LogP contribution in [-0.2, 0) is 0 Å². The molecule has 0 aliphatic rings. The molecule has 0 fully saturated rings. The topological polar surface area (TPSA) is 58.8 Å². The first-order valence-electron chi connectivity index (χ1n) is 5.28. The molecule has 2 aromatic rings. The van der Waals surface area contributed by atoms with Crippen molar-refractivity contribution < 1.29 is 4.74 Å². The fourth-order valence-electron chi connectivity index (χ4n) is 1.52. The van der Waals surface area contributed by atoms with Gasteiger partial charge in [-0.1, -0.05) is 15.9 Å². The lowest BCUT2D eigenvalue weighted by Gasteiger charge is -2.08. The minimum Gasteiger partial charge on any atom is -0.424 e. The Morgan fingerprint density at radius 3 is 2.56 bits per heavy atom. The van der Waals surface area contributed by atoms with Gasteiger partial charge < -0.3 is 4.74 Å². The van der Waals surface area contributed by atoms with Gasteiger partial charge in [-0.05, 0) is 43.2 Å². The van der Waals surface area contributed by atoms with Gasteiger partial charge in [-0.2, -0.15) is 10.2 Å². The van der Waals surface area contributed by atoms with Gasteiger partial charge in [0.05, 0.1) is 0 Å². The monoisotopic (exact) mass is 303 g/mol. The van der Waals surface area contributed by atoms with Crippen molar-refractivity contribution >= 4 is 15.9 Å². The first-order valence-corrected chi connectivity index (χ1v) is 6.07. The van der Waals surface area contributed by atoms with Gasteiger partial charge in [0.25, 0.3) is 0 Å². The second-order valence-electron chi connectivity index (χ2n) is 3.81. The average Bonchev–Trinajstić information content (AvgIpc) is 2.36. The van der Waals surface area contributed by atoms with Crippen molar-refractivity contribution in [2.75, 3.05) is 0 Å². The van der Waals surface area contributed by atoms with Crippen molar-refractivity contribution in [1.82, 2.24) is 9.97 Å². The molecule has 1 aromatic carbocycles. The summed E-state index contributed by atoms with van der Waals surface area (Å²) >= 11 is 3.49. The largest absolute Gasteiger partial charge is 0.424 e. The zero-order valence-electron chi connectivity index (χ0n) is 9.94. The number of ether oxygens (including phenoxy) is 1. The second kappa shape index (κ2) is 5.15. The van der Waals surface area contributed by atoms with Gasteiger partial charge in [0, 0.05) is 10.7 Å². The first kappa shape index (κ1) is 12.5. The molecule has 0 unspecified atom stereocenters. The van der Waals surface area contributed by atoms with Gasteiger partial charge in [0.1, 0.15) is 17.5 Å². The Morgan fingerprint density at radius 2 is 1.94 bits per heavy atom. The lowest BCUT2D eigenvalue weighted by atomic mass is 10.1. The average molecular weight is 304 g/mol. The molecule has 0 bridgehead atoms. The number of nitrogens with zero attached hydrogens (tertiary/aromatic N) is 3. The van der Waals surface area contributed by atoms with E-state index in [4.69, 9.17) is 10.00 Å². The Balaban J connectivity index is 2.32. The van der Waals surface area contributed by atoms with Crippen molar-refractivity contribution in [3.63, 3.8) is 0 Å². The molecule has 1 heterocycles. The smallest absolute Gasteiger partial charge is 0.323 e. The number of hydrogen-bond acceptors (Lipinski definition) is 4. The van der Waals surface area contributed by atoms with Crippen LogP contribution in [0.2, 0.25) is 0 Å². The van der Waals surface area contributed by atoms with Crippen LogP contribution in [0.25, 0.3) is 0 Å². The molecule has 90 valence electrons. The zero-order valence-corrected chi connectivity index (χ0v) is 11.5. The summed E-state index contributed by atoms with van der Waals surface area (Å²) < 4.78 is 6.60. The minimum atomic E-state index is 0.176. The predicted octanol–water partition coefficient (Wildman–Crippen LogP) is 3.52. The third kappa shape index (κ3) is 2.66. The molecule has 0 saturated carbocycles. The summed E-state index contributed by atoms with van der Waals surface area (Å²) in [7, 11) is 0. The molecule has 0 amide bonds. The van der Waals surface area contributed by atoms with E-state index in [1.807, 2.05) is 32.0 Å². The highest BCUT2D eigenvalue weighted by molar-refractivity contribution is 9.10. The first-order chi connectivity index (χ1) is 8.60. The SMILES string of the molecule is Cc1cc(Oc2nccc(C#N)n2)cc(C)c1Br. The van der Waals surface area contributed by atoms with Crippen LogP contribution in [-0.4, -0.2) is 9.97 Å². The van der Waals surface area contributed by atoms with E-state index in [1.165, 1.54) is 12.3 Å². The summed E-state index contributed by atoms with van der Waals surface area (Å²) in [6.45, 7) is 3.97. The molecule has 0 aliphatic carbocycles. The fraction of sp³-hybridized carbons (Fsp3) is 0.154. The molecule has 5 heteroatoms. The van der Waals surface area contributed by atoms with Crippen LogP contribution in [0.4, 0.5) is 0 Å². The Hall–Kier alpha value is -1.93. The van der Waals surface area contributed by atoms with E-state index >= 15 is 0 Å². The maximum Gasteiger partial charge on any atom is 0.323 e. The normalized spacial score (nSPS) is 9.89. The number of aryl methyl sites for hydroxylation is 2. The summed E-state index contributed by atoms with van der Waals surface area (Å²) in [6.07, 6.45) is 1.50. The van der Waals surface area contributed by atoms with Crippen LogP contribution in [0.15, 0.2) is 28.9 Å². The third-order valence-electron chi connectivity index (χ3n) is 2.37. The van der Waals surface area contributed by atoms with Crippen molar-refractivity contribution in [3.05, 3.63) is 45.7 Å². The molecule has 4 nitrogen and oxygen atoms in total. The van der Waals surface area contributed by atoms with Gasteiger partial charge in [-0.25, -0.2) is 4.98 Å². The number of halogens is 1. The summed E-state index contributed by atoms with van der Waals surface area (Å²) in [4.78, 5) is 7.93. The van der Waals surface area contributed by atoms with E-state index in [1.54, 1.807) is 0 Å². The highest BCUT2D eigenvalue weighted by Gasteiger charge is 2.06. The molecule has 18 heavy (non-hydrogen) atoms. The quantitative estimate of drug-likeness (QED) is 0.851. The van der Waals surface area contributed by atoms with Crippen LogP contribution < -0.4 is 4.74 Å². The minimum absolute atomic E-state index is 0.176. The van der Waals surface area contributed by atoms with Gasteiger partial charge in [-0.15, -0.1) is 0 Å². The standard InChI is InChI=1S/C13H10BrN3O/c1-8-5-11(6-9(2)12(8)14)18-13-16-4-3-10(7-15)17-13/h3-6H,1-2H3. The van der Waals surface area contributed by atoms with Crippen molar-refractivity contribution in [2.24, 2.45) is 0 Å². The Kier molecular flexibility index (Phi) is 3.58. The maximum atomic E-state index is 8.75. The number of rotatable bonds is 2. The lowest BCUT2D eigenvalue weighted by Crippen LogP contribution is -1.94. The van der Waals surface area contributed by atoms with Gasteiger partial charge in [0.2, 0.25) is 0 Å². The van der Waals surface area contributed by atoms with E-state index in [-0.39, 0.29) is 11.7 Å². The number of nitriles is 1. The summed E-state index contributed by atoms with van der Waals surface area (Å²) in [5.74, 6) is 0.656. The molecule has 1 aromatic heterocycles. The van der Waals surface area contributed by atoms with E-state index in [9.17, 15) is 0 Å². The molecule has 0 spiro atoms. The highest BCUT2D eigenvalue weighted by atomic mass is 79.9. The fourth-order valence-corrected chi connectivity index (χ4v) is 1.75. The van der Waals surface area contributed by atoms with Crippen molar-refractivity contribution in [2.45, 2.75) is 13.8 Å². The molecular weight excluding hydrogens is 294 g/mol. The number of hydrogen-bond donors (Lipinski definition) is 0. The molecule has 0 saturated heterocycles. The van der Waals surface area contributed by atoms with Gasteiger partial charge >= 0.3 is 6.01 Å². The molecule has 0 aliphatic heterocycles. The van der Waals surface area contributed by atoms with Gasteiger partial charge in [0.15, 0.2) is 0 Å². The summed E-state index contributed by atoms with van der Waals surface area (Å²) in [6, 6.07) is 7.43. The summed E-state index contributed by atoms with van der Waals surface area (Å²) in [5.41, 5.74) is 2.42. The van der Waals surface area contributed by atoms with Crippen LogP contribution >= 0.6 is 15.9 Å². The van der Waals surface area contributed by atoms with Gasteiger partial charge in [-0.3, -0.25) is 0 Å². The molecule has 0 N–H and O–H groups in total. The van der Waals surface area contributed by atoms with E-state index in [0.29, 0.717) is 5.75 Å². The predicted molar refractivity (Wildman–Crippen MR) is 70.4 cm³/mol. The van der Waals surface area contributed by atoms with E-state index in [0.717, 1.165) is 15.6 Å². The second-order valence-corrected chi connectivity index (χ2v) is 4.60. The van der Waals surface area contributed by atoms with Crippen LogP contribution in [0.1, 0.15) is 16.8 Å². The van der Waals surface area contributed by atoms with Crippen molar-refractivity contribution in [1.29, 1.82) is 5.26 Å². The summed E-state index contributed by atoms with van der Waals surface area (Å²) in [5, 5.41) is 8.75. The highest BCUT2D eigenvalue weighted by Crippen LogP contribution is 2.28. The zero-order chi connectivity index (χ0) is 13.1. The maximum absolute atomic E-state index is 8.75. The third-order valence-corrected chi connectivity index (χ3v) is 3.62. The molecular formula is C13H10BrN3O. The van der Waals surface area contributed by atoms with Crippen LogP contribution in [0.3, 0.4) is 0 Å². The Morgan fingerprint density at radius 1 is 1.28 bits per heavy atom. The molecule has 0 atom stereocenters. The Labute approximate surface area is 113 Å². The van der Waals surface area contributed by atoms with Crippen LogP contribution in [0.5, 0.6) is 11.8 Å². The molecule has 0 radical (unpaired) electrons. The molecule has 2 rings (SSSR count). The lowest BCUT2D eigenvalue weighted by molar-refractivity contribution is 0.440. The number of aromatic nitrogens is 2.